The van der Waals surface area contributed by atoms with Crippen LogP contribution in [0.25, 0.3) is 0 Å². The van der Waals surface area contributed by atoms with Crippen molar-refractivity contribution in [1.82, 2.24) is 5.32 Å². The minimum Gasteiger partial charge on any atom is -0.481 e. The smallest absolute Gasteiger partial charge is 0.306 e. The molecule has 0 spiro atoms. The van der Waals surface area contributed by atoms with Gasteiger partial charge in [0, 0.05) is 12.1 Å². The number of allylic oxidation sites excluding steroid dienone is 1. The Kier molecular flexibility index (Phi) is 6.42. The number of carbonyl (C=O) groups is 2. The van der Waals surface area contributed by atoms with Gasteiger partial charge in [0.2, 0.25) is 5.91 Å². The molecule has 1 atom stereocenters. The van der Waals surface area contributed by atoms with Gasteiger partial charge in [-0.15, -0.1) is 0 Å². The molecule has 0 aliphatic heterocycles. The lowest BCUT2D eigenvalue weighted by Gasteiger charge is -2.07. The number of hydrogen-bond acceptors (Lipinski definition) is 2. The molecule has 0 aliphatic rings. The summed E-state index contributed by atoms with van der Waals surface area (Å²) in [7, 11) is 0. The third-order valence-corrected chi connectivity index (χ3v) is 2.15. The minimum absolute atomic E-state index is 0.116. The average molecular weight is 213 g/mol. The number of carboxylic acids is 1. The predicted molar refractivity (Wildman–Crippen MR) is 58.5 cm³/mol. The van der Waals surface area contributed by atoms with Gasteiger partial charge in [-0.25, -0.2) is 0 Å². The molecular weight excluding hydrogens is 194 g/mol. The van der Waals surface area contributed by atoms with Crippen LogP contribution in [-0.4, -0.2) is 23.5 Å². The number of amides is 1. The van der Waals surface area contributed by atoms with E-state index in [4.69, 9.17) is 5.11 Å². The van der Waals surface area contributed by atoms with Crippen molar-refractivity contribution < 1.29 is 14.7 Å². The fraction of sp³-hybridized carbons (Fsp3) is 0.636. The van der Waals surface area contributed by atoms with Gasteiger partial charge in [-0.05, 0) is 19.8 Å². The first kappa shape index (κ1) is 13.7. The van der Waals surface area contributed by atoms with Crippen molar-refractivity contribution in [3.63, 3.8) is 0 Å². The number of rotatable bonds is 6. The maximum Gasteiger partial charge on any atom is 0.306 e. The first-order chi connectivity index (χ1) is 6.99. The van der Waals surface area contributed by atoms with Gasteiger partial charge in [0.15, 0.2) is 0 Å². The van der Waals surface area contributed by atoms with E-state index in [1.165, 1.54) is 0 Å². The third kappa shape index (κ3) is 5.88. The lowest BCUT2D eigenvalue weighted by molar-refractivity contribution is -0.141. The first-order valence-corrected chi connectivity index (χ1v) is 5.16. The Hall–Kier alpha value is -1.32. The summed E-state index contributed by atoms with van der Waals surface area (Å²) in [6, 6.07) is 0. The van der Waals surface area contributed by atoms with Crippen molar-refractivity contribution in [1.29, 1.82) is 0 Å². The average Bonchev–Trinajstić information content (AvgIpc) is 2.17. The van der Waals surface area contributed by atoms with Crippen molar-refractivity contribution >= 4 is 11.9 Å². The Labute approximate surface area is 90.4 Å². The molecule has 0 aromatic rings. The number of nitrogens with one attached hydrogen (secondary N) is 1. The van der Waals surface area contributed by atoms with Crippen LogP contribution in [0, 0.1) is 5.92 Å². The SMILES string of the molecule is CC/C=C(/C)C(=O)NCCC(C)C(=O)O. The first-order valence-electron chi connectivity index (χ1n) is 5.16. The number of hydrogen-bond donors (Lipinski definition) is 2. The largest absolute Gasteiger partial charge is 0.481 e. The molecule has 15 heavy (non-hydrogen) atoms. The molecule has 86 valence electrons. The Morgan fingerprint density at radius 3 is 2.53 bits per heavy atom. The second kappa shape index (κ2) is 7.04. The highest BCUT2D eigenvalue weighted by Crippen LogP contribution is 2.00. The highest BCUT2D eigenvalue weighted by molar-refractivity contribution is 5.92. The molecule has 0 heterocycles. The predicted octanol–water partition coefficient (Wildman–Crippen LogP) is 1.57. The molecule has 0 saturated heterocycles. The van der Waals surface area contributed by atoms with E-state index in [1.54, 1.807) is 13.8 Å². The summed E-state index contributed by atoms with van der Waals surface area (Å²) in [6.07, 6.45) is 3.13. The summed E-state index contributed by atoms with van der Waals surface area (Å²) < 4.78 is 0. The molecule has 4 heteroatoms. The molecule has 4 nitrogen and oxygen atoms in total. The molecule has 0 radical (unpaired) electrons. The normalized spacial score (nSPS) is 13.4. The van der Waals surface area contributed by atoms with Crippen molar-refractivity contribution in [3.8, 4) is 0 Å². The fourth-order valence-electron chi connectivity index (χ4n) is 1.06. The van der Waals surface area contributed by atoms with Crippen LogP contribution in [0.5, 0.6) is 0 Å². The molecule has 1 amide bonds. The fourth-order valence-corrected chi connectivity index (χ4v) is 1.06. The molecule has 0 rings (SSSR count). The van der Waals surface area contributed by atoms with Crippen LogP contribution in [0.4, 0.5) is 0 Å². The highest BCUT2D eigenvalue weighted by atomic mass is 16.4. The van der Waals surface area contributed by atoms with E-state index in [0.29, 0.717) is 18.5 Å². The van der Waals surface area contributed by atoms with E-state index < -0.39 is 11.9 Å². The minimum atomic E-state index is -0.829. The second-order valence-electron chi connectivity index (χ2n) is 3.58. The summed E-state index contributed by atoms with van der Waals surface area (Å²) in [5.74, 6) is -1.36. The summed E-state index contributed by atoms with van der Waals surface area (Å²) in [6.45, 7) is 5.74. The van der Waals surface area contributed by atoms with E-state index in [1.807, 2.05) is 13.0 Å². The number of carboxylic acid groups (broad SMARTS) is 1. The molecule has 1 unspecified atom stereocenters. The zero-order chi connectivity index (χ0) is 11.8. The topological polar surface area (TPSA) is 66.4 Å². The van der Waals surface area contributed by atoms with Crippen LogP contribution in [0.2, 0.25) is 0 Å². The zero-order valence-electron chi connectivity index (χ0n) is 9.54. The number of aliphatic carboxylic acids is 1. The monoisotopic (exact) mass is 213 g/mol. The summed E-state index contributed by atoms with van der Waals surface area (Å²) >= 11 is 0. The van der Waals surface area contributed by atoms with Gasteiger partial charge in [0.25, 0.3) is 0 Å². The Morgan fingerprint density at radius 1 is 1.47 bits per heavy atom. The van der Waals surface area contributed by atoms with Crippen LogP contribution in [-0.2, 0) is 9.59 Å². The summed E-state index contributed by atoms with van der Waals surface area (Å²) in [4.78, 5) is 21.8. The lowest BCUT2D eigenvalue weighted by Crippen LogP contribution is -2.27. The molecule has 0 aliphatic carbocycles. The Balaban J connectivity index is 3.82. The molecule has 0 bridgehead atoms. The molecule has 0 fully saturated rings. The van der Waals surface area contributed by atoms with Gasteiger partial charge in [-0.1, -0.05) is 19.9 Å². The van der Waals surface area contributed by atoms with Gasteiger partial charge in [-0.2, -0.15) is 0 Å². The number of carbonyl (C=O) groups excluding carboxylic acids is 1. The van der Waals surface area contributed by atoms with Crippen molar-refractivity contribution in [3.05, 3.63) is 11.6 Å². The van der Waals surface area contributed by atoms with Gasteiger partial charge >= 0.3 is 5.97 Å². The Bertz CT molecular complexity index is 259. The van der Waals surface area contributed by atoms with Crippen LogP contribution in [0.15, 0.2) is 11.6 Å². The van der Waals surface area contributed by atoms with Crippen LogP contribution < -0.4 is 5.32 Å². The van der Waals surface area contributed by atoms with Crippen molar-refractivity contribution in [2.24, 2.45) is 5.92 Å². The van der Waals surface area contributed by atoms with Crippen LogP contribution >= 0.6 is 0 Å². The Morgan fingerprint density at radius 2 is 2.07 bits per heavy atom. The van der Waals surface area contributed by atoms with E-state index in [9.17, 15) is 9.59 Å². The van der Waals surface area contributed by atoms with Gasteiger partial charge in [0.1, 0.15) is 0 Å². The van der Waals surface area contributed by atoms with Crippen LogP contribution in [0.3, 0.4) is 0 Å². The molecule has 2 N–H and O–H groups in total. The summed E-state index contributed by atoms with van der Waals surface area (Å²) in [5, 5.41) is 11.3. The highest BCUT2D eigenvalue weighted by Gasteiger charge is 2.10. The zero-order valence-corrected chi connectivity index (χ0v) is 9.54. The maximum absolute atomic E-state index is 11.4. The van der Waals surface area contributed by atoms with E-state index >= 15 is 0 Å². The van der Waals surface area contributed by atoms with Gasteiger partial charge in [0.05, 0.1) is 5.92 Å². The van der Waals surface area contributed by atoms with Crippen LogP contribution in [0.1, 0.15) is 33.6 Å². The third-order valence-electron chi connectivity index (χ3n) is 2.15. The second-order valence-corrected chi connectivity index (χ2v) is 3.58. The lowest BCUT2D eigenvalue weighted by atomic mass is 10.1. The van der Waals surface area contributed by atoms with E-state index in [-0.39, 0.29) is 5.91 Å². The molecule has 0 aromatic carbocycles. The van der Waals surface area contributed by atoms with Crippen molar-refractivity contribution in [2.75, 3.05) is 6.54 Å². The van der Waals surface area contributed by atoms with Gasteiger partial charge < -0.3 is 10.4 Å². The van der Waals surface area contributed by atoms with Gasteiger partial charge in [-0.3, -0.25) is 9.59 Å². The quantitative estimate of drug-likeness (QED) is 0.658. The van der Waals surface area contributed by atoms with E-state index in [0.717, 1.165) is 6.42 Å². The van der Waals surface area contributed by atoms with E-state index in [2.05, 4.69) is 5.32 Å². The molecular formula is C11H19NO3. The maximum atomic E-state index is 11.4. The summed E-state index contributed by atoms with van der Waals surface area (Å²) in [5.41, 5.74) is 0.681. The van der Waals surface area contributed by atoms with Crippen molar-refractivity contribution in [2.45, 2.75) is 33.6 Å². The molecule has 0 aromatic heterocycles. The molecule has 0 saturated carbocycles. The standard InChI is InChI=1S/C11H19NO3/c1-4-5-8(2)10(13)12-7-6-9(3)11(14)15/h5,9H,4,6-7H2,1-3H3,(H,12,13)(H,14,15)/b8-5-.